The molecular weight excluding hydrogens is 198 g/mol. The molecule has 1 aliphatic heterocycles. The Balaban J connectivity index is 2.77. The van der Waals surface area contributed by atoms with Crippen molar-refractivity contribution in [1.82, 2.24) is 0 Å². The summed E-state index contributed by atoms with van der Waals surface area (Å²) in [4.78, 5) is 13.6. The second-order valence-corrected chi connectivity index (χ2v) is 3.61. The number of ether oxygens (including phenoxy) is 2. The first-order chi connectivity index (χ1) is 7.10. The predicted molar refractivity (Wildman–Crippen MR) is 52.8 cm³/mol. The zero-order valence-electron chi connectivity index (χ0n) is 9.08. The number of carbonyl (C=O) groups excluding carboxylic acids is 1. The van der Waals surface area contributed by atoms with Gasteiger partial charge in [0.2, 0.25) is 0 Å². The van der Waals surface area contributed by atoms with Crippen LogP contribution in [0.5, 0.6) is 0 Å². The monoisotopic (exact) mass is 213 g/mol. The minimum absolute atomic E-state index is 0.0233. The first-order valence-corrected chi connectivity index (χ1v) is 4.97. The fourth-order valence-electron chi connectivity index (χ4n) is 1.82. The molecule has 0 aromatic heterocycles. The summed E-state index contributed by atoms with van der Waals surface area (Å²) in [6, 6.07) is 0. The Kier molecular flexibility index (Phi) is 3.94. The summed E-state index contributed by atoms with van der Waals surface area (Å²) in [5, 5.41) is 3.49. The third-order valence-electron chi connectivity index (χ3n) is 2.57. The van der Waals surface area contributed by atoms with E-state index in [9.17, 15) is 4.79 Å². The fraction of sp³-hybridized carbons (Fsp3) is 0.889. The molecule has 1 aliphatic rings. The largest absolute Gasteiger partial charge is 0.459 e. The molecule has 1 heterocycles. The van der Waals surface area contributed by atoms with Crippen molar-refractivity contribution in [3.8, 4) is 0 Å². The van der Waals surface area contributed by atoms with E-state index in [2.05, 4.69) is 10.0 Å². The minimum atomic E-state index is -0.696. The van der Waals surface area contributed by atoms with Gasteiger partial charge in [0.25, 0.3) is 0 Å². The maximum atomic E-state index is 10.9. The molecule has 0 radical (unpaired) electrons. The summed E-state index contributed by atoms with van der Waals surface area (Å²) in [5.74, 6) is -0.334. The van der Waals surface area contributed by atoms with Crippen molar-refractivity contribution in [3.05, 3.63) is 10.4 Å². The van der Waals surface area contributed by atoms with Crippen LogP contribution in [0.2, 0.25) is 0 Å². The van der Waals surface area contributed by atoms with Gasteiger partial charge in [-0.1, -0.05) is 19.0 Å². The summed E-state index contributed by atoms with van der Waals surface area (Å²) in [6.07, 6.45) is -0.386. The predicted octanol–water partition coefficient (Wildman–Crippen LogP) is 2.00. The van der Waals surface area contributed by atoms with Crippen LogP contribution in [0.1, 0.15) is 27.2 Å². The van der Waals surface area contributed by atoms with Gasteiger partial charge in [-0.2, -0.15) is 0 Å². The average Bonchev–Trinajstić information content (AvgIpc) is 2.46. The third kappa shape index (κ3) is 2.61. The van der Waals surface area contributed by atoms with Gasteiger partial charge in [-0.05, 0) is 12.0 Å². The third-order valence-corrected chi connectivity index (χ3v) is 2.57. The minimum Gasteiger partial charge on any atom is -0.459 e. The first kappa shape index (κ1) is 11.8. The van der Waals surface area contributed by atoms with Crippen molar-refractivity contribution >= 4 is 5.97 Å². The molecule has 0 spiro atoms. The Labute approximate surface area is 88.2 Å². The van der Waals surface area contributed by atoms with Crippen molar-refractivity contribution in [2.24, 2.45) is 11.0 Å². The average molecular weight is 213 g/mol. The summed E-state index contributed by atoms with van der Waals surface area (Å²) in [5.41, 5.74) is 8.36. The lowest BCUT2D eigenvalue weighted by Gasteiger charge is -2.18. The highest BCUT2D eigenvalue weighted by Gasteiger charge is 2.42. The lowest BCUT2D eigenvalue weighted by atomic mass is 9.99. The summed E-state index contributed by atoms with van der Waals surface area (Å²) in [6.45, 7) is 5.23. The molecule has 0 amide bonds. The molecule has 1 saturated heterocycles. The molecule has 6 nitrogen and oxygen atoms in total. The molecule has 0 aromatic rings. The van der Waals surface area contributed by atoms with Crippen LogP contribution in [0.3, 0.4) is 0 Å². The van der Waals surface area contributed by atoms with Gasteiger partial charge in [0.05, 0.1) is 6.10 Å². The van der Waals surface area contributed by atoms with E-state index in [1.807, 2.05) is 13.8 Å². The Morgan fingerprint density at radius 2 is 2.33 bits per heavy atom. The summed E-state index contributed by atoms with van der Waals surface area (Å²) in [7, 11) is 0. The molecule has 0 saturated carbocycles. The zero-order valence-corrected chi connectivity index (χ0v) is 9.08. The number of esters is 1. The number of azide groups is 1. The van der Waals surface area contributed by atoms with Crippen molar-refractivity contribution in [1.29, 1.82) is 0 Å². The number of nitrogens with zero attached hydrogens (tertiary/aromatic N) is 3. The van der Waals surface area contributed by atoms with Crippen LogP contribution >= 0.6 is 0 Å². The molecule has 0 N–H and O–H groups in total. The molecule has 15 heavy (non-hydrogen) atoms. The van der Waals surface area contributed by atoms with Gasteiger partial charge in [0, 0.05) is 17.8 Å². The standard InChI is InChI=1S/C9H15N3O3/c1-4-7-5(2)8(14-6(3)13)9(15-7)11-12-10/h5,7-9H,4H2,1-3H3/t5?,7-,8+,9-/m1/s1. The molecule has 1 unspecified atom stereocenters. The zero-order chi connectivity index (χ0) is 11.4. The summed E-state index contributed by atoms with van der Waals surface area (Å²) < 4.78 is 10.6. The van der Waals surface area contributed by atoms with Crippen LogP contribution in [0, 0.1) is 5.92 Å². The topological polar surface area (TPSA) is 84.3 Å². The van der Waals surface area contributed by atoms with Gasteiger partial charge < -0.3 is 9.47 Å². The molecule has 1 rings (SSSR count). The lowest BCUT2D eigenvalue weighted by molar-refractivity contribution is -0.150. The second-order valence-electron chi connectivity index (χ2n) is 3.61. The van der Waals surface area contributed by atoms with E-state index in [1.54, 1.807) is 0 Å². The second kappa shape index (κ2) is 5.00. The molecule has 0 bridgehead atoms. The molecule has 1 fully saturated rings. The summed E-state index contributed by atoms with van der Waals surface area (Å²) >= 11 is 0. The highest BCUT2D eigenvalue weighted by atomic mass is 16.6. The SMILES string of the molecule is CC[C@H]1O[C@@H](N=[N+]=[N-])[C@@H](OC(C)=O)C1C. The Morgan fingerprint density at radius 1 is 1.67 bits per heavy atom. The Hall–Kier alpha value is -1.26. The van der Waals surface area contributed by atoms with Crippen LogP contribution in [0.15, 0.2) is 5.11 Å². The van der Waals surface area contributed by atoms with E-state index in [0.29, 0.717) is 0 Å². The Bertz CT molecular complexity index is 288. The van der Waals surface area contributed by atoms with Crippen LogP contribution in [-0.4, -0.2) is 24.4 Å². The Morgan fingerprint density at radius 3 is 2.80 bits per heavy atom. The van der Waals surface area contributed by atoms with Gasteiger partial charge in [0.1, 0.15) is 6.10 Å². The number of hydrogen-bond acceptors (Lipinski definition) is 4. The van der Waals surface area contributed by atoms with Gasteiger partial charge in [-0.15, -0.1) is 0 Å². The molecule has 0 aromatic carbocycles. The molecule has 0 aliphatic carbocycles. The van der Waals surface area contributed by atoms with Crippen molar-refractivity contribution < 1.29 is 14.3 Å². The highest BCUT2D eigenvalue weighted by Crippen LogP contribution is 2.31. The number of hydrogen-bond donors (Lipinski definition) is 0. The van der Waals surface area contributed by atoms with Crippen LogP contribution in [0.4, 0.5) is 0 Å². The number of rotatable bonds is 3. The molecule has 6 heteroatoms. The van der Waals surface area contributed by atoms with E-state index >= 15 is 0 Å². The van der Waals surface area contributed by atoms with Crippen LogP contribution in [-0.2, 0) is 14.3 Å². The van der Waals surface area contributed by atoms with Gasteiger partial charge in [-0.25, -0.2) is 0 Å². The van der Waals surface area contributed by atoms with Crippen molar-refractivity contribution in [2.45, 2.75) is 45.6 Å². The van der Waals surface area contributed by atoms with Gasteiger partial charge >= 0.3 is 5.97 Å². The van der Waals surface area contributed by atoms with Crippen molar-refractivity contribution in [3.63, 3.8) is 0 Å². The van der Waals surface area contributed by atoms with Gasteiger partial charge in [-0.3, -0.25) is 4.79 Å². The maximum Gasteiger partial charge on any atom is 0.303 e. The smallest absolute Gasteiger partial charge is 0.303 e. The highest BCUT2D eigenvalue weighted by molar-refractivity contribution is 5.66. The fourth-order valence-corrected chi connectivity index (χ4v) is 1.82. The van der Waals surface area contributed by atoms with E-state index in [4.69, 9.17) is 15.0 Å². The molecule has 4 atom stereocenters. The van der Waals surface area contributed by atoms with E-state index in [1.165, 1.54) is 6.92 Å². The number of carbonyl (C=O) groups is 1. The van der Waals surface area contributed by atoms with E-state index in [0.717, 1.165) is 6.42 Å². The van der Waals surface area contributed by atoms with Gasteiger partial charge in [0.15, 0.2) is 6.23 Å². The quantitative estimate of drug-likeness (QED) is 0.311. The maximum absolute atomic E-state index is 10.9. The molecule has 84 valence electrons. The van der Waals surface area contributed by atoms with Crippen molar-refractivity contribution in [2.75, 3.05) is 0 Å². The normalized spacial score (nSPS) is 34.6. The molecular formula is C9H15N3O3. The van der Waals surface area contributed by atoms with Crippen LogP contribution in [0.25, 0.3) is 10.4 Å². The van der Waals surface area contributed by atoms with E-state index in [-0.39, 0.29) is 18.0 Å². The van der Waals surface area contributed by atoms with E-state index < -0.39 is 12.3 Å². The first-order valence-electron chi connectivity index (χ1n) is 4.97. The lowest BCUT2D eigenvalue weighted by Crippen LogP contribution is -2.29. The van der Waals surface area contributed by atoms with Crippen LogP contribution < -0.4 is 0 Å².